The van der Waals surface area contributed by atoms with Crippen LogP contribution >= 0.6 is 11.6 Å². The second-order valence-corrected chi connectivity index (χ2v) is 7.18. The van der Waals surface area contributed by atoms with Gasteiger partial charge in [0.2, 0.25) is 10.0 Å². The Bertz CT molecular complexity index is 576. The fourth-order valence-electron chi connectivity index (χ4n) is 2.48. The summed E-state index contributed by atoms with van der Waals surface area (Å²) in [6.45, 7) is 4.10. The van der Waals surface area contributed by atoms with Crippen molar-refractivity contribution in [1.82, 2.24) is 4.31 Å². The van der Waals surface area contributed by atoms with Crippen LogP contribution in [0.15, 0.2) is 23.1 Å². The van der Waals surface area contributed by atoms with E-state index >= 15 is 0 Å². The van der Waals surface area contributed by atoms with Crippen molar-refractivity contribution in [3.8, 4) is 0 Å². The molecule has 1 aromatic carbocycles. The Morgan fingerprint density at radius 1 is 1.47 bits per heavy atom. The Balaban J connectivity index is 2.45. The minimum Gasteiger partial charge on any atom is -0.207 e. The van der Waals surface area contributed by atoms with E-state index in [0.717, 1.165) is 12.5 Å². The predicted octanol–water partition coefficient (Wildman–Crippen LogP) is 2.77. The third-order valence-corrected chi connectivity index (χ3v) is 6.11. The molecule has 3 nitrogen and oxygen atoms in total. The Morgan fingerprint density at radius 3 is 2.79 bits per heavy atom. The predicted molar refractivity (Wildman–Crippen MR) is 73.3 cm³/mol. The van der Waals surface area contributed by atoms with Gasteiger partial charge in [0, 0.05) is 18.5 Å². The fraction of sp³-hybridized carbons (Fsp3) is 0.538. The third-order valence-electron chi connectivity index (χ3n) is 3.73. The molecule has 106 valence electrons. The largest absolute Gasteiger partial charge is 0.243 e. The zero-order chi connectivity index (χ0) is 14.2. The summed E-state index contributed by atoms with van der Waals surface area (Å²) in [6, 6.07) is 3.62. The molecule has 0 saturated carbocycles. The second kappa shape index (κ2) is 5.38. The maximum absolute atomic E-state index is 13.3. The number of benzene rings is 1. The van der Waals surface area contributed by atoms with Gasteiger partial charge < -0.3 is 0 Å². The van der Waals surface area contributed by atoms with Gasteiger partial charge in [0.05, 0.1) is 4.90 Å². The number of nitrogens with zero attached hydrogens (tertiary/aromatic N) is 1. The molecular weight excluding hydrogens is 289 g/mol. The van der Waals surface area contributed by atoms with Crippen LogP contribution in [0.5, 0.6) is 0 Å². The molecule has 6 heteroatoms. The SMILES string of the molecule is Cc1ccc(F)cc1S(=O)(=O)N1CCC(C)C1CCl. The molecule has 1 aliphatic rings. The van der Waals surface area contributed by atoms with Crippen LogP contribution in [0.25, 0.3) is 0 Å². The molecule has 1 fully saturated rings. The highest BCUT2D eigenvalue weighted by Gasteiger charge is 2.39. The van der Waals surface area contributed by atoms with Gasteiger partial charge in [-0.05, 0) is 37.0 Å². The number of hydrogen-bond acceptors (Lipinski definition) is 2. The molecule has 2 atom stereocenters. The lowest BCUT2D eigenvalue weighted by atomic mass is 10.1. The van der Waals surface area contributed by atoms with Crippen LogP contribution in [0.2, 0.25) is 0 Å². The molecule has 1 aromatic rings. The van der Waals surface area contributed by atoms with Gasteiger partial charge in [0.15, 0.2) is 0 Å². The Labute approximate surface area is 118 Å². The summed E-state index contributed by atoms with van der Waals surface area (Å²) >= 11 is 5.88. The molecule has 1 aliphatic heterocycles. The van der Waals surface area contributed by atoms with E-state index in [-0.39, 0.29) is 22.7 Å². The maximum atomic E-state index is 13.3. The Morgan fingerprint density at radius 2 is 2.16 bits per heavy atom. The molecule has 1 saturated heterocycles. The molecule has 2 rings (SSSR count). The molecule has 0 radical (unpaired) electrons. The maximum Gasteiger partial charge on any atom is 0.243 e. The van der Waals surface area contributed by atoms with Crippen LogP contribution < -0.4 is 0 Å². The molecule has 19 heavy (non-hydrogen) atoms. The van der Waals surface area contributed by atoms with Crippen molar-refractivity contribution in [2.75, 3.05) is 12.4 Å². The van der Waals surface area contributed by atoms with Crippen LogP contribution in [0, 0.1) is 18.7 Å². The van der Waals surface area contributed by atoms with Gasteiger partial charge >= 0.3 is 0 Å². The number of halogens is 2. The number of rotatable bonds is 3. The fourth-order valence-corrected chi connectivity index (χ4v) is 5.00. The van der Waals surface area contributed by atoms with E-state index in [2.05, 4.69) is 0 Å². The summed E-state index contributed by atoms with van der Waals surface area (Å²) in [5.74, 6) is -0.0608. The van der Waals surface area contributed by atoms with Crippen molar-refractivity contribution in [3.05, 3.63) is 29.6 Å². The van der Waals surface area contributed by atoms with Crippen LogP contribution in [0.4, 0.5) is 4.39 Å². The summed E-state index contributed by atoms with van der Waals surface area (Å²) in [6.07, 6.45) is 0.783. The molecule has 0 aliphatic carbocycles. The molecule has 0 spiro atoms. The van der Waals surface area contributed by atoms with E-state index in [1.165, 1.54) is 16.4 Å². The minimum atomic E-state index is -3.68. The van der Waals surface area contributed by atoms with Crippen LogP contribution in [-0.4, -0.2) is 31.2 Å². The van der Waals surface area contributed by atoms with Crippen molar-refractivity contribution < 1.29 is 12.8 Å². The molecule has 0 N–H and O–H groups in total. The zero-order valence-electron chi connectivity index (χ0n) is 10.9. The third kappa shape index (κ3) is 2.64. The second-order valence-electron chi connectivity index (χ2n) is 5.01. The van der Waals surface area contributed by atoms with Gasteiger partial charge in [-0.3, -0.25) is 0 Å². The van der Waals surface area contributed by atoms with E-state index in [4.69, 9.17) is 11.6 Å². The standard InChI is InChI=1S/C13H17ClFNO2S/c1-9-5-6-16(12(9)8-14)19(17,18)13-7-11(15)4-3-10(13)2/h3-4,7,9,12H,5-6,8H2,1-2H3. The van der Waals surface area contributed by atoms with Crippen LogP contribution in [0.3, 0.4) is 0 Å². The average molecular weight is 306 g/mol. The first-order valence-electron chi connectivity index (χ1n) is 6.22. The number of alkyl halides is 1. The van der Waals surface area contributed by atoms with Crippen LogP contribution in [-0.2, 0) is 10.0 Å². The number of sulfonamides is 1. The Hall–Kier alpha value is -0.650. The smallest absolute Gasteiger partial charge is 0.207 e. The van der Waals surface area contributed by atoms with Gasteiger partial charge in [-0.25, -0.2) is 12.8 Å². The lowest BCUT2D eigenvalue weighted by Crippen LogP contribution is -2.38. The topological polar surface area (TPSA) is 37.4 Å². The molecule has 0 bridgehead atoms. The Kier molecular flexibility index (Phi) is 4.18. The van der Waals surface area contributed by atoms with E-state index in [1.54, 1.807) is 6.92 Å². The summed E-state index contributed by atoms with van der Waals surface area (Å²) < 4.78 is 40.0. The summed E-state index contributed by atoms with van der Waals surface area (Å²) in [4.78, 5) is 0.0386. The summed E-state index contributed by atoms with van der Waals surface area (Å²) in [5.41, 5.74) is 0.550. The normalized spacial score (nSPS) is 24.8. The minimum absolute atomic E-state index is 0.0386. The highest BCUT2D eigenvalue weighted by Crippen LogP contribution is 2.32. The van der Waals surface area contributed by atoms with E-state index in [0.29, 0.717) is 12.1 Å². The van der Waals surface area contributed by atoms with Crippen molar-refractivity contribution in [2.24, 2.45) is 5.92 Å². The molecular formula is C13H17ClFNO2S. The molecule has 0 amide bonds. The van der Waals surface area contributed by atoms with E-state index in [9.17, 15) is 12.8 Å². The summed E-state index contributed by atoms with van der Waals surface area (Å²) in [5, 5.41) is 0. The first-order chi connectivity index (χ1) is 8.87. The summed E-state index contributed by atoms with van der Waals surface area (Å²) in [7, 11) is -3.68. The zero-order valence-corrected chi connectivity index (χ0v) is 12.5. The van der Waals surface area contributed by atoms with E-state index < -0.39 is 15.8 Å². The van der Waals surface area contributed by atoms with Gasteiger partial charge in [0.25, 0.3) is 0 Å². The number of hydrogen-bond donors (Lipinski definition) is 0. The lowest BCUT2D eigenvalue weighted by Gasteiger charge is -2.25. The van der Waals surface area contributed by atoms with Crippen molar-refractivity contribution in [1.29, 1.82) is 0 Å². The lowest BCUT2D eigenvalue weighted by molar-refractivity contribution is 0.374. The first-order valence-corrected chi connectivity index (χ1v) is 8.19. The monoisotopic (exact) mass is 305 g/mol. The van der Waals surface area contributed by atoms with Gasteiger partial charge in [-0.2, -0.15) is 4.31 Å². The number of aryl methyl sites for hydroxylation is 1. The highest BCUT2D eigenvalue weighted by atomic mass is 35.5. The van der Waals surface area contributed by atoms with Crippen molar-refractivity contribution >= 4 is 21.6 Å². The van der Waals surface area contributed by atoms with Gasteiger partial charge in [-0.15, -0.1) is 11.6 Å². The van der Waals surface area contributed by atoms with Crippen LogP contribution in [0.1, 0.15) is 18.9 Å². The van der Waals surface area contributed by atoms with Gasteiger partial charge in [-0.1, -0.05) is 13.0 Å². The molecule has 2 unspecified atom stereocenters. The van der Waals surface area contributed by atoms with Crippen molar-refractivity contribution in [3.63, 3.8) is 0 Å². The van der Waals surface area contributed by atoms with Gasteiger partial charge in [0.1, 0.15) is 5.82 Å². The molecule has 1 heterocycles. The van der Waals surface area contributed by atoms with E-state index in [1.807, 2.05) is 6.92 Å². The van der Waals surface area contributed by atoms with Crippen molar-refractivity contribution in [2.45, 2.75) is 31.2 Å². The highest BCUT2D eigenvalue weighted by molar-refractivity contribution is 7.89. The quantitative estimate of drug-likeness (QED) is 0.805. The first kappa shape index (κ1) is 14.8. The molecule has 0 aromatic heterocycles. The average Bonchev–Trinajstić information content (AvgIpc) is 2.74.